The van der Waals surface area contributed by atoms with E-state index in [2.05, 4.69) is 6.92 Å². The quantitative estimate of drug-likeness (QED) is 0.428. The van der Waals surface area contributed by atoms with Crippen LogP contribution in [0.3, 0.4) is 0 Å². The van der Waals surface area contributed by atoms with Crippen molar-refractivity contribution in [2.75, 3.05) is 0 Å². The molecule has 0 amide bonds. The molecule has 1 aromatic rings. The van der Waals surface area contributed by atoms with Crippen LogP contribution < -0.4 is 0 Å². The highest BCUT2D eigenvalue weighted by molar-refractivity contribution is 5.26. The van der Waals surface area contributed by atoms with E-state index in [1.54, 1.807) is 12.1 Å². The standard InChI is InChI=1S/C24H36F2/c1-2-3-4-5-18-6-8-19(9-7-18)20-10-12-21(13-11-20)22-14-16-23(17-15-22)24(25)26/h14-21,24H,2-13H2,1H3/t18-,19-,20?,21?. The number of halogens is 2. The van der Waals surface area contributed by atoms with Crippen LogP contribution in [0.5, 0.6) is 0 Å². The molecule has 0 N–H and O–H groups in total. The molecule has 2 aliphatic rings. The highest BCUT2D eigenvalue weighted by atomic mass is 19.3. The fourth-order valence-electron chi connectivity index (χ4n) is 5.47. The van der Waals surface area contributed by atoms with Crippen molar-refractivity contribution in [3.05, 3.63) is 35.4 Å². The molecule has 2 aliphatic carbocycles. The Morgan fingerprint density at radius 3 is 1.92 bits per heavy atom. The third kappa shape index (κ3) is 5.30. The molecule has 146 valence electrons. The Bertz CT molecular complexity index is 506. The van der Waals surface area contributed by atoms with Crippen LogP contribution in [0.25, 0.3) is 0 Å². The molecule has 0 atom stereocenters. The van der Waals surface area contributed by atoms with E-state index in [1.165, 1.54) is 82.6 Å². The van der Waals surface area contributed by atoms with E-state index in [0.29, 0.717) is 5.92 Å². The number of alkyl halides is 2. The average molecular weight is 363 g/mol. The zero-order valence-corrected chi connectivity index (χ0v) is 16.4. The number of rotatable bonds is 7. The lowest BCUT2D eigenvalue weighted by atomic mass is 9.68. The molecular weight excluding hydrogens is 326 g/mol. The van der Waals surface area contributed by atoms with Crippen molar-refractivity contribution >= 4 is 0 Å². The van der Waals surface area contributed by atoms with E-state index < -0.39 is 6.43 Å². The van der Waals surface area contributed by atoms with Gasteiger partial charge in [-0.25, -0.2) is 8.78 Å². The number of unbranched alkanes of at least 4 members (excludes halogenated alkanes) is 2. The van der Waals surface area contributed by atoms with Gasteiger partial charge in [-0.05, 0) is 67.8 Å². The normalized spacial score (nSPS) is 29.8. The van der Waals surface area contributed by atoms with Crippen LogP contribution in [0, 0.1) is 17.8 Å². The fraction of sp³-hybridized carbons (Fsp3) is 0.750. The van der Waals surface area contributed by atoms with Gasteiger partial charge in [0.1, 0.15) is 0 Å². The second kappa shape index (κ2) is 9.85. The molecule has 0 radical (unpaired) electrons. The van der Waals surface area contributed by atoms with Gasteiger partial charge in [0.2, 0.25) is 0 Å². The zero-order chi connectivity index (χ0) is 18.4. The molecule has 0 aliphatic heterocycles. The average Bonchev–Trinajstić information content (AvgIpc) is 2.69. The molecule has 0 aromatic heterocycles. The van der Waals surface area contributed by atoms with Crippen molar-refractivity contribution in [3.8, 4) is 0 Å². The molecule has 2 heteroatoms. The first-order valence-electron chi connectivity index (χ1n) is 11.0. The fourth-order valence-corrected chi connectivity index (χ4v) is 5.47. The van der Waals surface area contributed by atoms with Gasteiger partial charge in [0, 0.05) is 5.56 Å². The number of benzene rings is 1. The minimum atomic E-state index is -2.35. The van der Waals surface area contributed by atoms with Gasteiger partial charge in [0.25, 0.3) is 6.43 Å². The van der Waals surface area contributed by atoms with E-state index in [4.69, 9.17) is 0 Å². The zero-order valence-electron chi connectivity index (χ0n) is 16.4. The molecule has 26 heavy (non-hydrogen) atoms. The summed E-state index contributed by atoms with van der Waals surface area (Å²) < 4.78 is 25.4. The third-order valence-electron chi connectivity index (χ3n) is 7.21. The van der Waals surface area contributed by atoms with Crippen molar-refractivity contribution in [1.29, 1.82) is 0 Å². The van der Waals surface area contributed by atoms with Gasteiger partial charge in [0.05, 0.1) is 0 Å². The van der Waals surface area contributed by atoms with Gasteiger partial charge < -0.3 is 0 Å². The van der Waals surface area contributed by atoms with Gasteiger partial charge in [0.15, 0.2) is 0 Å². The van der Waals surface area contributed by atoms with Crippen LogP contribution in [-0.2, 0) is 0 Å². The SMILES string of the molecule is CCCCC[C@H]1CC[C@H](C2CCC(c3ccc(C(F)F)cc3)CC2)CC1. The summed E-state index contributed by atoms with van der Waals surface area (Å²) in [5.74, 6) is 3.47. The predicted octanol–water partition coefficient (Wildman–Crippen LogP) is 8.28. The van der Waals surface area contributed by atoms with Gasteiger partial charge in [-0.1, -0.05) is 69.7 Å². The van der Waals surface area contributed by atoms with Crippen LogP contribution in [0.4, 0.5) is 8.78 Å². The number of hydrogen-bond donors (Lipinski definition) is 0. The minimum Gasteiger partial charge on any atom is -0.205 e. The Morgan fingerprint density at radius 1 is 0.808 bits per heavy atom. The van der Waals surface area contributed by atoms with E-state index in [9.17, 15) is 8.78 Å². The summed E-state index contributed by atoms with van der Waals surface area (Å²) in [4.78, 5) is 0. The minimum absolute atomic E-state index is 0.151. The van der Waals surface area contributed by atoms with Crippen LogP contribution >= 0.6 is 0 Å². The lowest BCUT2D eigenvalue weighted by molar-refractivity contribution is 0.151. The highest BCUT2D eigenvalue weighted by Crippen LogP contribution is 2.44. The molecule has 2 saturated carbocycles. The van der Waals surface area contributed by atoms with Crippen molar-refractivity contribution < 1.29 is 8.78 Å². The summed E-state index contributed by atoms with van der Waals surface area (Å²) in [5.41, 5.74) is 1.42. The maximum Gasteiger partial charge on any atom is 0.263 e. The summed E-state index contributed by atoms with van der Waals surface area (Å²) in [5, 5.41) is 0. The van der Waals surface area contributed by atoms with Gasteiger partial charge in [-0.3, -0.25) is 0 Å². The smallest absolute Gasteiger partial charge is 0.205 e. The summed E-state index contributed by atoms with van der Waals surface area (Å²) >= 11 is 0. The van der Waals surface area contributed by atoms with Gasteiger partial charge in [-0.15, -0.1) is 0 Å². The molecule has 1 aromatic carbocycles. The second-order valence-corrected chi connectivity index (χ2v) is 8.86. The molecule has 2 fully saturated rings. The van der Waals surface area contributed by atoms with Crippen LogP contribution in [0.15, 0.2) is 24.3 Å². The maximum atomic E-state index is 12.7. The summed E-state index contributed by atoms with van der Waals surface area (Å²) in [6.45, 7) is 2.29. The van der Waals surface area contributed by atoms with Crippen molar-refractivity contribution in [1.82, 2.24) is 0 Å². The van der Waals surface area contributed by atoms with E-state index in [-0.39, 0.29) is 5.56 Å². The molecular formula is C24H36F2. The summed E-state index contributed by atoms with van der Waals surface area (Å²) in [6.07, 6.45) is 14.3. The van der Waals surface area contributed by atoms with Crippen LogP contribution in [0.2, 0.25) is 0 Å². The molecule has 0 bridgehead atoms. The first-order chi connectivity index (χ1) is 12.7. The summed E-state index contributed by atoms with van der Waals surface area (Å²) in [7, 11) is 0. The molecule has 0 nitrogen and oxygen atoms in total. The Labute approximate surface area is 158 Å². The Hall–Kier alpha value is -0.920. The van der Waals surface area contributed by atoms with E-state index >= 15 is 0 Å². The van der Waals surface area contributed by atoms with Crippen molar-refractivity contribution in [3.63, 3.8) is 0 Å². The Balaban J connectivity index is 1.41. The lowest BCUT2D eigenvalue weighted by Gasteiger charge is -2.38. The maximum absolute atomic E-state index is 12.7. The Kier molecular flexibility index (Phi) is 7.52. The second-order valence-electron chi connectivity index (χ2n) is 8.86. The molecule has 3 rings (SSSR count). The van der Waals surface area contributed by atoms with Gasteiger partial charge >= 0.3 is 0 Å². The van der Waals surface area contributed by atoms with Crippen LogP contribution in [-0.4, -0.2) is 0 Å². The highest BCUT2D eigenvalue weighted by Gasteiger charge is 2.31. The van der Waals surface area contributed by atoms with Crippen molar-refractivity contribution in [2.45, 2.75) is 96.3 Å². The molecule has 0 heterocycles. The largest absolute Gasteiger partial charge is 0.263 e. The first-order valence-corrected chi connectivity index (χ1v) is 11.0. The van der Waals surface area contributed by atoms with Crippen LogP contribution in [0.1, 0.15) is 107 Å². The monoisotopic (exact) mass is 362 g/mol. The lowest BCUT2D eigenvalue weighted by Crippen LogP contribution is -2.25. The number of hydrogen-bond acceptors (Lipinski definition) is 0. The molecule has 0 unspecified atom stereocenters. The summed E-state index contributed by atoms with van der Waals surface area (Å²) in [6, 6.07) is 7.11. The first kappa shape index (κ1) is 19.8. The molecule has 0 spiro atoms. The van der Waals surface area contributed by atoms with Crippen molar-refractivity contribution in [2.24, 2.45) is 17.8 Å². The van der Waals surface area contributed by atoms with Gasteiger partial charge in [-0.2, -0.15) is 0 Å². The predicted molar refractivity (Wildman–Crippen MR) is 106 cm³/mol. The Morgan fingerprint density at radius 2 is 1.38 bits per heavy atom. The van der Waals surface area contributed by atoms with E-state index in [1.807, 2.05) is 12.1 Å². The molecule has 0 saturated heterocycles. The third-order valence-corrected chi connectivity index (χ3v) is 7.21. The topological polar surface area (TPSA) is 0 Å². The van der Waals surface area contributed by atoms with E-state index in [0.717, 1.165) is 17.8 Å².